The second kappa shape index (κ2) is 6.34. The van der Waals surface area contributed by atoms with E-state index < -0.39 is 11.7 Å². The monoisotopic (exact) mass is 306 g/mol. The van der Waals surface area contributed by atoms with Crippen LogP contribution in [0.1, 0.15) is 39.0 Å². The van der Waals surface area contributed by atoms with Gasteiger partial charge in [-0.3, -0.25) is 4.79 Å². The molecular weight excluding hydrogens is 289 g/mol. The number of rotatable bonds is 4. The van der Waals surface area contributed by atoms with E-state index in [1.807, 2.05) is 32.0 Å². The molecule has 22 heavy (non-hydrogen) atoms. The van der Waals surface area contributed by atoms with Gasteiger partial charge in [-0.15, -0.1) is 0 Å². The lowest BCUT2D eigenvalue weighted by Crippen LogP contribution is -2.08. The van der Waals surface area contributed by atoms with Crippen molar-refractivity contribution in [2.45, 2.75) is 32.9 Å². The van der Waals surface area contributed by atoms with Crippen molar-refractivity contribution in [2.75, 3.05) is 0 Å². The molecule has 0 spiro atoms. The minimum absolute atomic E-state index is 0.112. The zero-order chi connectivity index (χ0) is 16.3. The zero-order valence-corrected chi connectivity index (χ0v) is 12.5. The van der Waals surface area contributed by atoms with Gasteiger partial charge in [0.15, 0.2) is 5.78 Å². The first-order chi connectivity index (χ1) is 10.3. The third-order valence-electron chi connectivity index (χ3n) is 3.76. The summed E-state index contributed by atoms with van der Waals surface area (Å²) in [5, 5.41) is 0. The number of Topliss-reactive ketones (excluding diaryl/α,β-unsaturated/α-hetero) is 1. The molecule has 0 amide bonds. The average Bonchev–Trinajstić information content (AvgIpc) is 2.46. The SMILES string of the molecule is Cc1cccc(C)c1CCC(=O)c1cccc(C(F)(F)F)c1. The quantitative estimate of drug-likeness (QED) is 0.715. The third kappa shape index (κ3) is 3.75. The summed E-state index contributed by atoms with van der Waals surface area (Å²) in [6.07, 6.45) is -3.69. The molecule has 0 fully saturated rings. The number of ketones is 1. The summed E-state index contributed by atoms with van der Waals surface area (Å²) in [6, 6.07) is 10.5. The lowest BCUT2D eigenvalue weighted by Gasteiger charge is -2.10. The molecule has 0 saturated carbocycles. The largest absolute Gasteiger partial charge is 0.416 e. The molecule has 0 bridgehead atoms. The molecule has 2 rings (SSSR count). The van der Waals surface area contributed by atoms with Crippen molar-refractivity contribution in [1.29, 1.82) is 0 Å². The fraction of sp³-hybridized carbons (Fsp3) is 0.278. The lowest BCUT2D eigenvalue weighted by molar-refractivity contribution is -0.137. The van der Waals surface area contributed by atoms with Gasteiger partial charge in [0.1, 0.15) is 0 Å². The van der Waals surface area contributed by atoms with E-state index in [9.17, 15) is 18.0 Å². The van der Waals surface area contributed by atoms with Crippen molar-refractivity contribution in [2.24, 2.45) is 0 Å². The molecule has 0 aromatic heterocycles. The normalized spacial score (nSPS) is 11.5. The first kappa shape index (κ1) is 16.3. The molecule has 2 aromatic rings. The summed E-state index contributed by atoms with van der Waals surface area (Å²) in [6.45, 7) is 3.94. The fourth-order valence-electron chi connectivity index (χ4n) is 2.50. The van der Waals surface area contributed by atoms with Crippen LogP contribution in [0, 0.1) is 13.8 Å². The maximum atomic E-state index is 12.7. The molecule has 0 saturated heterocycles. The van der Waals surface area contributed by atoms with E-state index in [0.29, 0.717) is 6.42 Å². The van der Waals surface area contributed by atoms with Gasteiger partial charge < -0.3 is 0 Å². The van der Waals surface area contributed by atoms with Crippen molar-refractivity contribution in [3.63, 3.8) is 0 Å². The molecule has 0 unspecified atom stereocenters. The van der Waals surface area contributed by atoms with Crippen LogP contribution in [0.5, 0.6) is 0 Å². The van der Waals surface area contributed by atoms with Crippen molar-refractivity contribution >= 4 is 5.78 Å². The zero-order valence-electron chi connectivity index (χ0n) is 12.5. The molecular formula is C18H17F3O. The van der Waals surface area contributed by atoms with Gasteiger partial charge in [-0.05, 0) is 49.1 Å². The topological polar surface area (TPSA) is 17.1 Å². The molecule has 0 aliphatic heterocycles. The van der Waals surface area contributed by atoms with Gasteiger partial charge in [0.05, 0.1) is 5.56 Å². The van der Waals surface area contributed by atoms with Crippen molar-refractivity contribution in [3.8, 4) is 0 Å². The summed E-state index contributed by atoms with van der Waals surface area (Å²) in [5.74, 6) is -0.270. The average molecular weight is 306 g/mol. The maximum Gasteiger partial charge on any atom is 0.416 e. The highest BCUT2D eigenvalue weighted by Gasteiger charge is 2.30. The Morgan fingerprint density at radius 3 is 2.18 bits per heavy atom. The Kier molecular flexibility index (Phi) is 4.69. The van der Waals surface area contributed by atoms with Crippen molar-refractivity contribution in [3.05, 3.63) is 70.3 Å². The minimum Gasteiger partial charge on any atom is -0.294 e. The Hall–Kier alpha value is -2.10. The number of benzene rings is 2. The molecule has 0 heterocycles. The molecule has 0 atom stereocenters. The van der Waals surface area contributed by atoms with Gasteiger partial charge in [0.25, 0.3) is 0 Å². The summed E-state index contributed by atoms with van der Waals surface area (Å²) in [4.78, 5) is 12.2. The number of carbonyl (C=O) groups is 1. The summed E-state index contributed by atoms with van der Waals surface area (Å²) >= 11 is 0. The smallest absolute Gasteiger partial charge is 0.294 e. The number of hydrogen-bond donors (Lipinski definition) is 0. The Labute approximate surface area is 127 Å². The van der Waals surface area contributed by atoms with Crippen LogP contribution in [0.4, 0.5) is 13.2 Å². The van der Waals surface area contributed by atoms with Crippen LogP contribution in [0.3, 0.4) is 0 Å². The Balaban J connectivity index is 2.13. The number of aryl methyl sites for hydroxylation is 2. The Bertz CT molecular complexity index is 667. The second-order valence-corrected chi connectivity index (χ2v) is 5.37. The lowest BCUT2D eigenvalue weighted by atomic mass is 9.95. The van der Waals surface area contributed by atoms with E-state index in [1.165, 1.54) is 12.1 Å². The van der Waals surface area contributed by atoms with Crippen LogP contribution in [0.2, 0.25) is 0 Å². The van der Waals surface area contributed by atoms with Gasteiger partial charge in [-0.2, -0.15) is 13.2 Å². The number of carbonyl (C=O) groups excluding carboxylic acids is 1. The van der Waals surface area contributed by atoms with Gasteiger partial charge in [0, 0.05) is 12.0 Å². The number of alkyl halides is 3. The van der Waals surface area contributed by atoms with Crippen LogP contribution in [0.15, 0.2) is 42.5 Å². The molecule has 2 aromatic carbocycles. The van der Waals surface area contributed by atoms with Crippen LogP contribution in [-0.2, 0) is 12.6 Å². The molecule has 116 valence electrons. The van der Waals surface area contributed by atoms with Crippen molar-refractivity contribution < 1.29 is 18.0 Å². The van der Waals surface area contributed by atoms with E-state index in [2.05, 4.69) is 0 Å². The molecule has 0 aliphatic rings. The highest BCUT2D eigenvalue weighted by Crippen LogP contribution is 2.29. The molecule has 0 N–H and O–H groups in total. The molecule has 0 aliphatic carbocycles. The van der Waals surface area contributed by atoms with Crippen LogP contribution in [-0.4, -0.2) is 5.78 Å². The van der Waals surface area contributed by atoms with Crippen LogP contribution >= 0.6 is 0 Å². The first-order valence-electron chi connectivity index (χ1n) is 7.04. The standard InChI is InChI=1S/C18H17F3O/c1-12-5-3-6-13(2)16(12)9-10-17(22)14-7-4-8-15(11-14)18(19,20)21/h3-8,11H,9-10H2,1-2H3. The Morgan fingerprint density at radius 2 is 1.59 bits per heavy atom. The van der Waals surface area contributed by atoms with E-state index in [-0.39, 0.29) is 17.8 Å². The fourth-order valence-corrected chi connectivity index (χ4v) is 2.50. The first-order valence-corrected chi connectivity index (χ1v) is 7.04. The highest BCUT2D eigenvalue weighted by molar-refractivity contribution is 5.96. The molecule has 4 heteroatoms. The summed E-state index contributed by atoms with van der Waals surface area (Å²) in [7, 11) is 0. The highest BCUT2D eigenvalue weighted by atomic mass is 19.4. The maximum absolute atomic E-state index is 12.7. The van der Waals surface area contributed by atoms with E-state index in [4.69, 9.17) is 0 Å². The van der Waals surface area contributed by atoms with Gasteiger partial charge in [-0.1, -0.05) is 30.3 Å². The molecule has 0 radical (unpaired) electrons. The minimum atomic E-state index is -4.43. The Morgan fingerprint density at radius 1 is 1.00 bits per heavy atom. The van der Waals surface area contributed by atoms with Crippen LogP contribution < -0.4 is 0 Å². The van der Waals surface area contributed by atoms with Crippen LogP contribution in [0.25, 0.3) is 0 Å². The molecule has 1 nitrogen and oxygen atoms in total. The van der Waals surface area contributed by atoms with Gasteiger partial charge in [0.2, 0.25) is 0 Å². The predicted molar refractivity (Wildman–Crippen MR) is 80.0 cm³/mol. The van der Waals surface area contributed by atoms with E-state index in [0.717, 1.165) is 28.8 Å². The summed E-state index contributed by atoms with van der Waals surface area (Å²) < 4.78 is 38.0. The van der Waals surface area contributed by atoms with E-state index >= 15 is 0 Å². The number of hydrogen-bond acceptors (Lipinski definition) is 1. The second-order valence-electron chi connectivity index (χ2n) is 5.37. The third-order valence-corrected chi connectivity index (χ3v) is 3.76. The van der Waals surface area contributed by atoms with Gasteiger partial charge in [-0.25, -0.2) is 0 Å². The van der Waals surface area contributed by atoms with Gasteiger partial charge >= 0.3 is 6.18 Å². The van der Waals surface area contributed by atoms with Crippen molar-refractivity contribution in [1.82, 2.24) is 0 Å². The van der Waals surface area contributed by atoms with E-state index in [1.54, 1.807) is 0 Å². The predicted octanol–water partition coefficient (Wildman–Crippen LogP) is 5.14. The summed E-state index contributed by atoms with van der Waals surface area (Å²) in [5.41, 5.74) is 2.60. The number of halogens is 3.